The first kappa shape index (κ1) is 53.4. The van der Waals surface area contributed by atoms with E-state index < -0.39 is 16.1 Å². The van der Waals surface area contributed by atoms with Crippen LogP contribution in [0.4, 0.5) is 0 Å². The molecule has 0 unspecified atom stereocenters. The van der Waals surface area contributed by atoms with Crippen LogP contribution in [0.3, 0.4) is 0 Å². The number of hydrogen-bond acceptors (Lipinski definition) is 0. The van der Waals surface area contributed by atoms with E-state index in [1.54, 1.807) is 0 Å². The zero-order valence-electron chi connectivity index (χ0n) is 33.6. The van der Waals surface area contributed by atoms with Gasteiger partial charge in [0.25, 0.3) is 0 Å². The molecular formula is C40H77ClP2PtSi2+. The summed E-state index contributed by atoms with van der Waals surface area (Å²) in [5, 5.41) is 0. The maximum absolute atomic E-state index is 3.83. The van der Waals surface area contributed by atoms with Crippen LogP contribution in [0, 0.1) is 28.8 Å². The summed E-state index contributed by atoms with van der Waals surface area (Å²) in [6, 6.07) is 0. The van der Waals surface area contributed by atoms with Gasteiger partial charge in [0.2, 0.25) is 0 Å². The quantitative estimate of drug-likeness (QED) is 0.0792. The van der Waals surface area contributed by atoms with Gasteiger partial charge in [-0.2, -0.15) is 0 Å². The summed E-state index contributed by atoms with van der Waals surface area (Å²) in [6.45, 7) is 42.2. The normalized spacial score (nSPS) is 13.0. The molecule has 0 atom stereocenters. The van der Waals surface area contributed by atoms with Gasteiger partial charge in [0, 0.05) is 26.6 Å². The van der Waals surface area contributed by atoms with E-state index in [4.69, 9.17) is 0 Å². The van der Waals surface area contributed by atoms with Crippen molar-refractivity contribution in [2.75, 3.05) is 37.0 Å². The van der Waals surface area contributed by atoms with Gasteiger partial charge in [-0.3, -0.25) is 0 Å². The van der Waals surface area contributed by atoms with E-state index in [2.05, 4.69) is 159 Å². The van der Waals surface area contributed by atoms with Crippen molar-refractivity contribution in [2.45, 2.75) is 158 Å². The molecule has 1 aliphatic rings. The Labute approximate surface area is 316 Å². The third-order valence-electron chi connectivity index (χ3n) is 10.2. The second-order valence-electron chi connectivity index (χ2n) is 14.2. The number of allylic oxidation sites excluding steroid dienone is 3. The summed E-state index contributed by atoms with van der Waals surface area (Å²) >= 11 is 0. The Balaban J connectivity index is -0.000000458. The minimum atomic E-state index is -1.73. The van der Waals surface area contributed by atoms with Crippen LogP contribution in [-0.4, -0.2) is 53.1 Å². The Kier molecular flexibility index (Phi) is 33.0. The minimum absolute atomic E-state index is 0. The number of rotatable bonds is 12. The zero-order valence-corrected chi connectivity index (χ0v) is 40.6. The second kappa shape index (κ2) is 28.4. The summed E-state index contributed by atoms with van der Waals surface area (Å²) < 4.78 is 0. The Hall–Kier alpha value is 0.652. The predicted molar refractivity (Wildman–Crippen MR) is 227 cm³/mol. The molecule has 0 aromatic carbocycles. The van der Waals surface area contributed by atoms with Crippen molar-refractivity contribution in [1.82, 2.24) is 0 Å². The van der Waals surface area contributed by atoms with Crippen molar-refractivity contribution < 1.29 is 21.1 Å². The fraction of sp³-hybridized carbons (Fsp3) is 0.750. The van der Waals surface area contributed by atoms with E-state index in [-0.39, 0.29) is 41.4 Å². The summed E-state index contributed by atoms with van der Waals surface area (Å²) in [5.41, 5.74) is 15.9. The second-order valence-corrected chi connectivity index (χ2v) is 32.3. The molecule has 0 fully saturated rings. The van der Waals surface area contributed by atoms with Crippen LogP contribution in [0.15, 0.2) is 29.5 Å². The average molecular weight is 907 g/mol. The van der Waals surface area contributed by atoms with Crippen LogP contribution >= 0.6 is 28.3 Å². The maximum atomic E-state index is 3.83. The molecule has 0 N–H and O–H groups in total. The van der Waals surface area contributed by atoms with Crippen LogP contribution in [-0.2, 0) is 21.1 Å². The van der Waals surface area contributed by atoms with Crippen molar-refractivity contribution >= 4 is 44.4 Å². The smallest absolute Gasteiger partial charge is 0.146 e. The molecule has 0 aliphatic heterocycles. The van der Waals surface area contributed by atoms with E-state index in [0.717, 1.165) is 11.5 Å². The van der Waals surface area contributed by atoms with Crippen LogP contribution in [0.1, 0.15) is 125 Å². The van der Waals surface area contributed by atoms with Crippen LogP contribution in [0.25, 0.3) is 0 Å². The Morgan fingerprint density at radius 1 is 0.587 bits per heavy atom. The molecule has 1 radical (unpaired) electrons. The predicted octanol–water partition coefficient (Wildman–Crippen LogP) is 13.9. The van der Waals surface area contributed by atoms with E-state index >= 15 is 0 Å². The van der Waals surface area contributed by atoms with E-state index in [1.807, 2.05) is 12.2 Å². The van der Waals surface area contributed by atoms with E-state index in [1.165, 1.54) is 37.0 Å². The van der Waals surface area contributed by atoms with Crippen molar-refractivity contribution in [1.29, 1.82) is 0 Å². The van der Waals surface area contributed by atoms with Gasteiger partial charge in [-0.1, -0.05) is 116 Å². The number of hydrogen-bond donors (Lipinski definition) is 0. The van der Waals surface area contributed by atoms with Crippen molar-refractivity contribution in [3.63, 3.8) is 0 Å². The topological polar surface area (TPSA) is 0 Å². The molecule has 0 saturated carbocycles. The zero-order chi connectivity index (χ0) is 34.7. The van der Waals surface area contributed by atoms with Gasteiger partial charge in [0.15, 0.2) is 0 Å². The third-order valence-corrected chi connectivity index (χ3v) is 28.5. The molecule has 0 nitrogen and oxygen atoms in total. The summed E-state index contributed by atoms with van der Waals surface area (Å²) in [5.74, 6) is 8.18. The van der Waals surface area contributed by atoms with E-state index in [0.29, 0.717) is 41.2 Å². The van der Waals surface area contributed by atoms with Gasteiger partial charge in [-0.15, -0.1) is 37.1 Å². The standard InChI is InChI=1S/C28H45Si2.2C6H15P.ClH.Pt/c1-21(2)29(22(3)4,23(5)6)18-16-27-14-13-15-28(20-27)17-19-30(24(7)8,25(9)10)26(11)12;2*1-4-7(5-2)6-3;;/h14-15,20-26H,1-12H3;2*4-6H2,1-3H3;1H;/p+1. The van der Waals surface area contributed by atoms with E-state index in [9.17, 15) is 0 Å². The number of halogens is 1. The van der Waals surface area contributed by atoms with Crippen LogP contribution in [0.5, 0.6) is 0 Å². The Bertz CT molecular complexity index is 927. The van der Waals surface area contributed by atoms with Gasteiger partial charge in [0.05, 0.1) is 24.4 Å². The molecule has 271 valence electrons. The maximum Gasteiger partial charge on any atom is 0.146 e. The molecular weight excluding hydrogens is 829 g/mol. The SMILES string of the molecule is CC(C)[Si](C#C[C]1C=C=CC(C#C[Si](C(C)C)(C(C)C)C(C)C)=C1)(C(C)C)C(C)C.CCP(CC)CC.CC[PH+](CC)CC.Cl.[Pt]. The molecule has 1 aliphatic carbocycles. The molecule has 0 bridgehead atoms. The molecule has 1 rings (SSSR count). The van der Waals surface area contributed by atoms with Gasteiger partial charge >= 0.3 is 0 Å². The fourth-order valence-corrected chi connectivity index (χ4v) is 20.6. The monoisotopic (exact) mass is 905 g/mol. The Morgan fingerprint density at radius 2 is 0.913 bits per heavy atom. The van der Waals surface area contributed by atoms with Crippen molar-refractivity contribution in [2.24, 2.45) is 0 Å². The fourth-order valence-electron chi connectivity index (χ4n) is 7.26. The first-order chi connectivity index (χ1) is 20.5. The van der Waals surface area contributed by atoms with Crippen molar-refractivity contribution in [3.8, 4) is 22.9 Å². The van der Waals surface area contributed by atoms with Crippen LogP contribution < -0.4 is 0 Å². The molecule has 0 aromatic heterocycles. The van der Waals surface area contributed by atoms with Crippen molar-refractivity contribution in [3.05, 3.63) is 35.5 Å². The first-order valence-electron chi connectivity index (χ1n) is 18.1. The Morgan fingerprint density at radius 3 is 1.15 bits per heavy atom. The molecule has 0 amide bonds. The third kappa shape index (κ3) is 17.0. The largest absolute Gasteiger partial charge is 0.147 e. The van der Waals surface area contributed by atoms with Gasteiger partial charge < -0.3 is 0 Å². The molecule has 0 spiro atoms. The van der Waals surface area contributed by atoms with Gasteiger partial charge in [-0.05, 0) is 98.7 Å². The van der Waals surface area contributed by atoms with Gasteiger partial charge in [0.1, 0.15) is 16.1 Å². The first-order valence-corrected chi connectivity index (χ1v) is 26.6. The van der Waals surface area contributed by atoms with Gasteiger partial charge in [-0.25, -0.2) is 0 Å². The summed E-state index contributed by atoms with van der Waals surface area (Å²) in [7, 11) is -2.87. The minimum Gasteiger partial charge on any atom is -0.147 e. The molecule has 0 saturated heterocycles. The molecule has 0 heterocycles. The average Bonchev–Trinajstić information content (AvgIpc) is 2.95. The van der Waals surface area contributed by atoms with Crippen LogP contribution in [0.2, 0.25) is 33.2 Å². The molecule has 46 heavy (non-hydrogen) atoms. The summed E-state index contributed by atoms with van der Waals surface area (Å²) in [6.07, 6.45) is 14.9. The molecule has 0 aromatic rings. The summed E-state index contributed by atoms with van der Waals surface area (Å²) in [4.78, 5) is 0. The molecule has 6 heteroatoms.